The first-order chi connectivity index (χ1) is 6.26. The molecule has 2 fully saturated rings. The third-order valence-corrected chi connectivity index (χ3v) is 3.24. The van der Waals surface area contributed by atoms with Crippen LogP contribution in [0.15, 0.2) is 0 Å². The summed E-state index contributed by atoms with van der Waals surface area (Å²) in [6.45, 7) is 5.66. The second kappa shape index (κ2) is 3.27. The Kier molecular flexibility index (Phi) is 2.26. The number of rotatable bonds is 0. The van der Waals surface area contributed by atoms with Crippen molar-refractivity contribution in [1.82, 2.24) is 16.0 Å². The van der Waals surface area contributed by atoms with E-state index in [0.29, 0.717) is 5.92 Å². The van der Waals surface area contributed by atoms with E-state index in [1.54, 1.807) is 0 Å². The first-order valence-electron chi connectivity index (χ1n) is 5.00. The first kappa shape index (κ1) is 8.97. The summed E-state index contributed by atoms with van der Waals surface area (Å²) in [6, 6.07) is 0. The molecule has 0 radical (unpaired) electrons. The Balaban J connectivity index is 2.18. The fourth-order valence-corrected chi connectivity index (χ4v) is 2.32. The standard InChI is InChI=1S/C9H17N3O/c1-7-6-10-3-2-9(7)8(13)11-4-5-12-9/h7,10,12H,2-6H2,1H3,(H,11,13). The maximum absolute atomic E-state index is 11.8. The van der Waals surface area contributed by atoms with E-state index in [9.17, 15) is 4.79 Å². The molecule has 13 heavy (non-hydrogen) atoms. The summed E-state index contributed by atoms with van der Waals surface area (Å²) in [5, 5.41) is 9.63. The number of piperidine rings is 1. The van der Waals surface area contributed by atoms with E-state index < -0.39 is 0 Å². The van der Waals surface area contributed by atoms with Gasteiger partial charge in [0.05, 0.1) is 0 Å². The molecule has 2 aliphatic heterocycles. The molecule has 1 amide bonds. The van der Waals surface area contributed by atoms with Gasteiger partial charge >= 0.3 is 0 Å². The molecule has 0 aliphatic carbocycles. The molecule has 0 saturated carbocycles. The highest BCUT2D eigenvalue weighted by Crippen LogP contribution is 2.25. The molecule has 2 aliphatic rings. The van der Waals surface area contributed by atoms with Gasteiger partial charge in [0.1, 0.15) is 5.54 Å². The summed E-state index contributed by atoms with van der Waals surface area (Å²) in [5.74, 6) is 0.564. The Hall–Kier alpha value is -0.610. The Morgan fingerprint density at radius 3 is 2.92 bits per heavy atom. The van der Waals surface area contributed by atoms with Crippen molar-refractivity contribution in [1.29, 1.82) is 0 Å². The molecule has 0 aromatic carbocycles. The number of hydrogen-bond acceptors (Lipinski definition) is 3. The molecule has 1 spiro atoms. The van der Waals surface area contributed by atoms with Crippen molar-refractivity contribution < 1.29 is 4.79 Å². The number of carbonyl (C=O) groups is 1. The first-order valence-corrected chi connectivity index (χ1v) is 5.00. The van der Waals surface area contributed by atoms with Crippen molar-refractivity contribution >= 4 is 5.91 Å². The fraction of sp³-hybridized carbons (Fsp3) is 0.889. The fourth-order valence-electron chi connectivity index (χ4n) is 2.32. The lowest BCUT2D eigenvalue weighted by Crippen LogP contribution is -2.70. The summed E-state index contributed by atoms with van der Waals surface area (Å²) in [6.07, 6.45) is 0.903. The SMILES string of the molecule is CC1CNCCC12NCCNC2=O. The zero-order valence-corrected chi connectivity index (χ0v) is 8.02. The Morgan fingerprint density at radius 2 is 2.23 bits per heavy atom. The van der Waals surface area contributed by atoms with Crippen LogP contribution in [0.3, 0.4) is 0 Å². The minimum atomic E-state index is -0.288. The smallest absolute Gasteiger partial charge is 0.240 e. The van der Waals surface area contributed by atoms with Gasteiger partial charge in [0.15, 0.2) is 0 Å². The van der Waals surface area contributed by atoms with Crippen molar-refractivity contribution in [2.24, 2.45) is 5.92 Å². The summed E-state index contributed by atoms with van der Waals surface area (Å²) in [4.78, 5) is 11.8. The van der Waals surface area contributed by atoms with Crippen molar-refractivity contribution in [3.63, 3.8) is 0 Å². The molecule has 4 nitrogen and oxygen atoms in total. The van der Waals surface area contributed by atoms with Gasteiger partial charge in [0.2, 0.25) is 5.91 Å². The Bertz CT molecular complexity index is 213. The molecule has 0 aromatic rings. The van der Waals surface area contributed by atoms with Gasteiger partial charge in [-0.1, -0.05) is 6.92 Å². The molecule has 0 aromatic heterocycles. The van der Waals surface area contributed by atoms with Crippen molar-refractivity contribution in [3.8, 4) is 0 Å². The van der Waals surface area contributed by atoms with Gasteiger partial charge in [0, 0.05) is 13.1 Å². The maximum Gasteiger partial charge on any atom is 0.240 e. The van der Waals surface area contributed by atoms with E-state index in [1.807, 2.05) is 0 Å². The van der Waals surface area contributed by atoms with Gasteiger partial charge in [-0.3, -0.25) is 4.79 Å². The largest absolute Gasteiger partial charge is 0.353 e. The lowest BCUT2D eigenvalue weighted by atomic mass is 9.78. The summed E-state index contributed by atoms with van der Waals surface area (Å²) < 4.78 is 0. The van der Waals surface area contributed by atoms with Gasteiger partial charge in [0.25, 0.3) is 0 Å². The maximum atomic E-state index is 11.8. The zero-order chi connectivity index (χ0) is 9.31. The van der Waals surface area contributed by atoms with Gasteiger partial charge < -0.3 is 16.0 Å². The molecular formula is C9H17N3O. The van der Waals surface area contributed by atoms with Crippen LogP contribution in [0.2, 0.25) is 0 Å². The number of amides is 1. The monoisotopic (exact) mass is 183 g/mol. The van der Waals surface area contributed by atoms with E-state index in [0.717, 1.165) is 32.6 Å². The van der Waals surface area contributed by atoms with Crippen molar-refractivity contribution in [3.05, 3.63) is 0 Å². The van der Waals surface area contributed by atoms with Gasteiger partial charge in [-0.2, -0.15) is 0 Å². The van der Waals surface area contributed by atoms with Crippen LogP contribution in [-0.4, -0.2) is 37.6 Å². The molecule has 2 rings (SSSR count). The van der Waals surface area contributed by atoms with Gasteiger partial charge in [-0.25, -0.2) is 0 Å². The minimum absolute atomic E-state index is 0.188. The molecule has 74 valence electrons. The zero-order valence-electron chi connectivity index (χ0n) is 8.02. The third kappa shape index (κ3) is 1.34. The van der Waals surface area contributed by atoms with E-state index in [-0.39, 0.29) is 11.4 Å². The summed E-state index contributed by atoms with van der Waals surface area (Å²) in [5.41, 5.74) is -0.288. The molecule has 4 heteroatoms. The normalized spacial score (nSPS) is 40.4. The van der Waals surface area contributed by atoms with Crippen LogP contribution < -0.4 is 16.0 Å². The van der Waals surface area contributed by atoms with Crippen LogP contribution in [-0.2, 0) is 4.79 Å². The van der Waals surface area contributed by atoms with Gasteiger partial charge in [-0.05, 0) is 25.4 Å². The summed E-state index contributed by atoms with van der Waals surface area (Å²) in [7, 11) is 0. The molecule has 3 N–H and O–H groups in total. The van der Waals surface area contributed by atoms with Crippen LogP contribution in [0.1, 0.15) is 13.3 Å². The van der Waals surface area contributed by atoms with Crippen molar-refractivity contribution in [2.45, 2.75) is 18.9 Å². The lowest BCUT2D eigenvalue weighted by molar-refractivity contribution is -0.132. The molecule has 2 heterocycles. The third-order valence-electron chi connectivity index (χ3n) is 3.24. The van der Waals surface area contributed by atoms with Crippen LogP contribution in [0.4, 0.5) is 0 Å². The van der Waals surface area contributed by atoms with Crippen LogP contribution in [0, 0.1) is 5.92 Å². The average molecular weight is 183 g/mol. The lowest BCUT2D eigenvalue weighted by Gasteiger charge is -2.44. The van der Waals surface area contributed by atoms with Gasteiger partial charge in [-0.15, -0.1) is 0 Å². The van der Waals surface area contributed by atoms with E-state index in [2.05, 4.69) is 22.9 Å². The molecule has 2 atom stereocenters. The predicted molar refractivity (Wildman–Crippen MR) is 50.4 cm³/mol. The van der Waals surface area contributed by atoms with Crippen LogP contribution in [0.25, 0.3) is 0 Å². The Morgan fingerprint density at radius 1 is 1.38 bits per heavy atom. The van der Waals surface area contributed by atoms with Crippen molar-refractivity contribution in [2.75, 3.05) is 26.2 Å². The molecule has 0 bridgehead atoms. The quantitative estimate of drug-likeness (QED) is 0.455. The minimum Gasteiger partial charge on any atom is -0.353 e. The molecule has 2 unspecified atom stereocenters. The second-order valence-electron chi connectivity index (χ2n) is 4.01. The predicted octanol–water partition coefficient (Wildman–Crippen LogP) is -0.926. The highest BCUT2D eigenvalue weighted by Gasteiger charge is 2.45. The number of nitrogens with one attached hydrogen (secondary N) is 3. The average Bonchev–Trinajstić information content (AvgIpc) is 2.15. The topological polar surface area (TPSA) is 53.2 Å². The van der Waals surface area contributed by atoms with E-state index in [1.165, 1.54) is 0 Å². The van der Waals surface area contributed by atoms with E-state index in [4.69, 9.17) is 0 Å². The number of piperazine rings is 1. The van der Waals surface area contributed by atoms with E-state index >= 15 is 0 Å². The highest BCUT2D eigenvalue weighted by atomic mass is 16.2. The van der Waals surface area contributed by atoms with Crippen LogP contribution >= 0.6 is 0 Å². The molecular weight excluding hydrogens is 166 g/mol. The highest BCUT2D eigenvalue weighted by molar-refractivity contribution is 5.87. The number of hydrogen-bond donors (Lipinski definition) is 3. The second-order valence-corrected chi connectivity index (χ2v) is 4.01. The summed E-state index contributed by atoms with van der Waals surface area (Å²) >= 11 is 0. The number of carbonyl (C=O) groups excluding carboxylic acids is 1. The van der Waals surface area contributed by atoms with Crippen LogP contribution in [0.5, 0.6) is 0 Å². The molecule has 2 saturated heterocycles. The Labute approximate surface area is 78.5 Å².